The predicted molar refractivity (Wildman–Crippen MR) is 60.8 cm³/mol. The van der Waals surface area contributed by atoms with E-state index < -0.39 is 0 Å². The lowest BCUT2D eigenvalue weighted by Crippen LogP contribution is -2.07. The molecule has 0 radical (unpaired) electrons. The minimum absolute atomic E-state index is 0.0190. The quantitative estimate of drug-likeness (QED) is 0.823. The maximum absolute atomic E-state index is 11.5. The van der Waals surface area contributed by atoms with E-state index in [1.54, 1.807) is 0 Å². The fourth-order valence-corrected chi connectivity index (χ4v) is 1.36. The summed E-state index contributed by atoms with van der Waals surface area (Å²) in [7, 11) is 0. The normalized spacial score (nSPS) is 10.1. The van der Waals surface area contributed by atoms with Crippen LogP contribution in [-0.2, 0) is 6.61 Å². The van der Waals surface area contributed by atoms with Gasteiger partial charge in [-0.1, -0.05) is 41.9 Å². The molecule has 1 aromatic carbocycles. The first kappa shape index (κ1) is 10.8. The number of hydrogen-bond donors (Lipinski definition) is 0. The van der Waals surface area contributed by atoms with Gasteiger partial charge in [-0.05, 0) is 5.56 Å². The third kappa shape index (κ3) is 2.44. The van der Waals surface area contributed by atoms with Gasteiger partial charge in [-0.3, -0.25) is 4.79 Å². The molecule has 0 fully saturated rings. The van der Waals surface area contributed by atoms with Gasteiger partial charge in [0, 0.05) is 0 Å². The minimum Gasteiger partial charge on any atom is -0.482 e. The molecule has 82 valence electrons. The number of halogens is 1. The zero-order valence-electron chi connectivity index (χ0n) is 8.35. The summed E-state index contributed by atoms with van der Waals surface area (Å²) >= 11 is 5.61. The van der Waals surface area contributed by atoms with E-state index in [1.165, 1.54) is 12.5 Å². The second kappa shape index (κ2) is 4.86. The van der Waals surface area contributed by atoms with Crippen molar-refractivity contribution in [2.24, 2.45) is 0 Å². The zero-order chi connectivity index (χ0) is 11.4. The molecular formula is C12H9ClO3. The van der Waals surface area contributed by atoms with Crippen molar-refractivity contribution in [2.45, 2.75) is 6.61 Å². The van der Waals surface area contributed by atoms with E-state index in [1.807, 2.05) is 30.3 Å². The number of benzene rings is 1. The van der Waals surface area contributed by atoms with E-state index in [4.69, 9.17) is 20.8 Å². The Morgan fingerprint density at radius 2 is 1.94 bits per heavy atom. The van der Waals surface area contributed by atoms with Gasteiger partial charge in [0.1, 0.15) is 24.2 Å². The first-order valence-corrected chi connectivity index (χ1v) is 5.08. The highest BCUT2D eigenvalue weighted by molar-refractivity contribution is 6.30. The lowest BCUT2D eigenvalue weighted by atomic mass is 10.2. The summed E-state index contributed by atoms with van der Waals surface area (Å²) in [5, 5.41) is 0.0190. The van der Waals surface area contributed by atoms with Crippen LogP contribution in [0.25, 0.3) is 0 Å². The molecule has 0 spiro atoms. The van der Waals surface area contributed by atoms with Crippen LogP contribution in [0.3, 0.4) is 0 Å². The molecule has 0 aliphatic carbocycles. The lowest BCUT2D eigenvalue weighted by molar-refractivity contribution is 0.292. The molecule has 0 amide bonds. The Morgan fingerprint density at radius 1 is 1.19 bits per heavy atom. The topological polar surface area (TPSA) is 39.4 Å². The standard InChI is InChI=1S/C12H9ClO3/c13-10-7-15-8-11(12(10)14)16-6-9-4-2-1-3-5-9/h1-5,7-8H,6H2. The van der Waals surface area contributed by atoms with E-state index in [-0.39, 0.29) is 16.2 Å². The van der Waals surface area contributed by atoms with E-state index in [9.17, 15) is 4.79 Å². The van der Waals surface area contributed by atoms with Crippen molar-refractivity contribution in [2.75, 3.05) is 0 Å². The Balaban J connectivity index is 2.11. The Hall–Kier alpha value is -1.74. The van der Waals surface area contributed by atoms with Crippen LogP contribution in [0.2, 0.25) is 5.02 Å². The molecule has 0 N–H and O–H groups in total. The molecule has 16 heavy (non-hydrogen) atoms. The maximum atomic E-state index is 11.5. The Kier molecular flexibility index (Phi) is 3.27. The Labute approximate surface area is 97.2 Å². The molecular weight excluding hydrogens is 228 g/mol. The molecule has 0 saturated heterocycles. The number of hydrogen-bond acceptors (Lipinski definition) is 3. The first-order valence-electron chi connectivity index (χ1n) is 4.70. The van der Waals surface area contributed by atoms with E-state index in [2.05, 4.69) is 0 Å². The van der Waals surface area contributed by atoms with Crippen molar-refractivity contribution in [3.8, 4) is 5.75 Å². The van der Waals surface area contributed by atoms with Crippen LogP contribution in [0.4, 0.5) is 0 Å². The molecule has 4 heteroatoms. The van der Waals surface area contributed by atoms with Crippen LogP contribution in [0, 0.1) is 0 Å². The number of ether oxygens (including phenoxy) is 1. The third-order valence-electron chi connectivity index (χ3n) is 2.02. The first-order chi connectivity index (χ1) is 7.77. The van der Waals surface area contributed by atoms with Crippen LogP contribution in [0.1, 0.15) is 5.56 Å². The van der Waals surface area contributed by atoms with E-state index >= 15 is 0 Å². The Bertz CT molecular complexity index is 519. The maximum Gasteiger partial charge on any atom is 0.245 e. The van der Waals surface area contributed by atoms with Gasteiger partial charge >= 0.3 is 0 Å². The fourth-order valence-electron chi connectivity index (χ4n) is 1.22. The molecule has 2 rings (SSSR count). The molecule has 0 aliphatic rings. The van der Waals surface area contributed by atoms with Crippen molar-refractivity contribution in [3.63, 3.8) is 0 Å². The highest BCUT2D eigenvalue weighted by Crippen LogP contribution is 2.11. The van der Waals surface area contributed by atoms with Crippen molar-refractivity contribution in [3.05, 3.63) is 63.7 Å². The average molecular weight is 237 g/mol. The summed E-state index contributed by atoms with van der Waals surface area (Å²) in [4.78, 5) is 11.5. The molecule has 0 unspecified atom stereocenters. The van der Waals surface area contributed by atoms with Crippen LogP contribution in [0.15, 0.2) is 52.1 Å². The second-order valence-electron chi connectivity index (χ2n) is 3.19. The molecule has 3 nitrogen and oxygen atoms in total. The molecule has 1 heterocycles. The molecule has 2 aromatic rings. The van der Waals surface area contributed by atoms with Gasteiger partial charge in [0.15, 0.2) is 0 Å². The van der Waals surface area contributed by atoms with Crippen LogP contribution >= 0.6 is 11.6 Å². The summed E-state index contributed by atoms with van der Waals surface area (Å²) in [5.41, 5.74) is 0.616. The average Bonchev–Trinajstić information content (AvgIpc) is 2.32. The van der Waals surface area contributed by atoms with E-state index in [0.717, 1.165) is 5.56 Å². The van der Waals surface area contributed by atoms with Crippen molar-refractivity contribution < 1.29 is 9.15 Å². The highest BCUT2D eigenvalue weighted by atomic mass is 35.5. The summed E-state index contributed by atoms with van der Waals surface area (Å²) < 4.78 is 10.2. The molecule has 1 aromatic heterocycles. The second-order valence-corrected chi connectivity index (χ2v) is 3.59. The van der Waals surface area contributed by atoms with Gasteiger partial charge in [0.2, 0.25) is 11.2 Å². The van der Waals surface area contributed by atoms with Gasteiger partial charge in [-0.25, -0.2) is 0 Å². The van der Waals surface area contributed by atoms with Crippen molar-refractivity contribution in [1.82, 2.24) is 0 Å². The van der Waals surface area contributed by atoms with Crippen LogP contribution in [0.5, 0.6) is 5.75 Å². The largest absolute Gasteiger partial charge is 0.482 e. The van der Waals surface area contributed by atoms with Gasteiger partial charge in [-0.2, -0.15) is 0 Å². The summed E-state index contributed by atoms with van der Waals surface area (Å²) in [6, 6.07) is 9.54. The van der Waals surface area contributed by atoms with Gasteiger partial charge in [0.05, 0.1) is 0 Å². The monoisotopic (exact) mass is 236 g/mol. The van der Waals surface area contributed by atoms with Crippen LogP contribution in [-0.4, -0.2) is 0 Å². The number of rotatable bonds is 3. The summed E-state index contributed by atoms with van der Waals surface area (Å²) in [5.74, 6) is 0.122. The Morgan fingerprint density at radius 3 is 2.69 bits per heavy atom. The van der Waals surface area contributed by atoms with Crippen molar-refractivity contribution >= 4 is 11.6 Å². The smallest absolute Gasteiger partial charge is 0.245 e. The fraction of sp³-hybridized carbons (Fsp3) is 0.0833. The SMILES string of the molecule is O=c1c(Cl)cocc1OCc1ccccc1. The molecule has 0 saturated carbocycles. The van der Waals surface area contributed by atoms with Crippen LogP contribution < -0.4 is 10.2 Å². The van der Waals surface area contributed by atoms with Gasteiger partial charge in [0.25, 0.3) is 0 Å². The third-order valence-corrected chi connectivity index (χ3v) is 2.29. The zero-order valence-corrected chi connectivity index (χ0v) is 9.11. The molecule has 0 bridgehead atoms. The van der Waals surface area contributed by atoms with Gasteiger partial charge < -0.3 is 9.15 Å². The van der Waals surface area contributed by atoms with E-state index in [0.29, 0.717) is 6.61 Å². The predicted octanol–water partition coefficient (Wildman–Crippen LogP) is 2.87. The minimum atomic E-state index is -0.358. The summed E-state index contributed by atoms with van der Waals surface area (Å²) in [6.45, 7) is 0.311. The van der Waals surface area contributed by atoms with Gasteiger partial charge in [-0.15, -0.1) is 0 Å². The molecule has 0 atom stereocenters. The highest BCUT2D eigenvalue weighted by Gasteiger charge is 2.05. The summed E-state index contributed by atoms with van der Waals surface area (Å²) in [6.07, 6.45) is 2.43. The lowest BCUT2D eigenvalue weighted by Gasteiger charge is -2.04. The van der Waals surface area contributed by atoms with Crippen molar-refractivity contribution in [1.29, 1.82) is 0 Å². The molecule has 0 aliphatic heterocycles.